The minimum atomic E-state index is -0.484. The van der Waals surface area contributed by atoms with Crippen LogP contribution in [0.4, 0.5) is 0 Å². The highest BCUT2D eigenvalue weighted by Gasteiger charge is 2.02. The molecule has 4 nitrogen and oxygen atoms in total. The molecule has 0 aliphatic rings. The lowest BCUT2D eigenvalue weighted by molar-refractivity contribution is -0.120. The Hall–Kier alpha value is -1.57. The lowest BCUT2D eigenvalue weighted by atomic mass is 10.2. The molecule has 1 N–H and O–H groups in total. The van der Waals surface area contributed by atoms with Crippen molar-refractivity contribution in [3.8, 4) is 6.07 Å². The first-order chi connectivity index (χ1) is 7.65. The van der Waals surface area contributed by atoms with Crippen LogP contribution in [-0.4, -0.2) is 12.1 Å². The van der Waals surface area contributed by atoms with Gasteiger partial charge in [-0.25, -0.2) is 5.43 Å². The van der Waals surface area contributed by atoms with Crippen molar-refractivity contribution in [3.05, 3.63) is 33.8 Å². The second kappa shape index (κ2) is 6.11. The highest BCUT2D eigenvalue weighted by Crippen LogP contribution is 2.21. The molecule has 16 heavy (non-hydrogen) atoms. The van der Waals surface area contributed by atoms with Crippen LogP contribution in [-0.2, 0) is 4.79 Å². The molecule has 0 spiro atoms. The molecule has 0 atom stereocenters. The summed E-state index contributed by atoms with van der Waals surface area (Å²) in [6, 6.07) is 6.72. The largest absolute Gasteiger partial charge is 0.272 e. The average molecular weight is 256 g/mol. The van der Waals surface area contributed by atoms with Gasteiger partial charge in [0.1, 0.15) is 6.42 Å². The Morgan fingerprint density at radius 1 is 1.50 bits per heavy atom. The highest BCUT2D eigenvalue weighted by molar-refractivity contribution is 6.38. The smallest absolute Gasteiger partial charge is 0.254 e. The third-order valence-electron chi connectivity index (χ3n) is 1.62. The van der Waals surface area contributed by atoms with Gasteiger partial charge in [-0.05, 0) is 12.1 Å². The van der Waals surface area contributed by atoms with Gasteiger partial charge in [0.05, 0.1) is 22.3 Å². The van der Waals surface area contributed by atoms with Crippen LogP contribution in [0, 0.1) is 11.3 Å². The molecule has 1 rings (SSSR count). The summed E-state index contributed by atoms with van der Waals surface area (Å²) in [5, 5.41) is 12.7. The van der Waals surface area contributed by atoms with Crippen LogP contribution in [0.1, 0.15) is 12.0 Å². The van der Waals surface area contributed by atoms with Crippen LogP contribution in [0.3, 0.4) is 0 Å². The summed E-state index contributed by atoms with van der Waals surface area (Å²) in [6.07, 6.45) is 1.09. The Kier molecular flexibility index (Phi) is 4.77. The van der Waals surface area contributed by atoms with Gasteiger partial charge in [-0.2, -0.15) is 10.4 Å². The first-order valence-electron chi connectivity index (χ1n) is 4.28. The molecule has 0 aromatic heterocycles. The number of nitrogens with zero attached hydrogens (tertiary/aromatic N) is 2. The summed E-state index contributed by atoms with van der Waals surface area (Å²) in [4.78, 5) is 10.9. The lowest BCUT2D eigenvalue weighted by Gasteiger charge is -2.00. The number of rotatable bonds is 3. The molecule has 1 amide bonds. The van der Waals surface area contributed by atoms with E-state index in [0.29, 0.717) is 15.6 Å². The predicted octanol–water partition coefficient (Wildman–Crippen LogP) is 2.36. The van der Waals surface area contributed by atoms with Gasteiger partial charge in [-0.3, -0.25) is 4.79 Å². The van der Waals surface area contributed by atoms with Crippen molar-refractivity contribution < 1.29 is 4.79 Å². The van der Waals surface area contributed by atoms with Gasteiger partial charge in [-0.1, -0.05) is 29.3 Å². The number of hydrogen-bond donors (Lipinski definition) is 1. The maximum atomic E-state index is 10.9. The molecule has 6 heteroatoms. The van der Waals surface area contributed by atoms with E-state index >= 15 is 0 Å². The van der Waals surface area contributed by atoms with E-state index in [1.165, 1.54) is 6.21 Å². The van der Waals surface area contributed by atoms with Gasteiger partial charge in [0, 0.05) is 5.56 Å². The number of carbonyl (C=O) groups excluding carboxylic acids is 1. The fourth-order valence-corrected chi connectivity index (χ4v) is 1.41. The molecule has 1 aromatic rings. The number of carbonyl (C=O) groups is 1. The number of nitrogens with one attached hydrogen (secondary N) is 1. The third kappa shape index (κ3) is 3.54. The standard InChI is InChI=1S/C10H7Cl2N3O/c11-8-2-1-3-9(12)7(8)6-14-15-10(16)4-5-13/h1-3,6H,4H2,(H,15,16)/b14-6-. The zero-order valence-corrected chi connectivity index (χ0v) is 9.59. The molecular weight excluding hydrogens is 249 g/mol. The minimum absolute atomic E-state index is 0.242. The van der Waals surface area contributed by atoms with Crippen molar-refractivity contribution in [2.24, 2.45) is 5.10 Å². The number of nitriles is 1. The summed E-state index contributed by atoms with van der Waals surface area (Å²) in [5.41, 5.74) is 2.69. The number of hydrazone groups is 1. The number of halogens is 2. The predicted molar refractivity (Wildman–Crippen MR) is 62.4 cm³/mol. The molecule has 0 aliphatic heterocycles. The van der Waals surface area contributed by atoms with Crippen molar-refractivity contribution in [1.82, 2.24) is 5.43 Å². The highest BCUT2D eigenvalue weighted by atomic mass is 35.5. The van der Waals surface area contributed by atoms with Crippen molar-refractivity contribution in [2.75, 3.05) is 0 Å². The Morgan fingerprint density at radius 2 is 2.12 bits per heavy atom. The van der Waals surface area contributed by atoms with Crippen LogP contribution in [0.25, 0.3) is 0 Å². The second-order valence-corrected chi connectivity index (χ2v) is 3.58. The fraction of sp³-hybridized carbons (Fsp3) is 0.100. The van der Waals surface area contributed by atoms with Crippen LogP contribution >= 0.6 is 23.2 Å². The van der Waals surface area contributed by atoms with E-state index in [0.717, 1.165) is 0 Å². The summed E-state index contributed by atoms with van der Waals surface area (Å²) >= 11 is 11.7. The van der Waals surface area contributed by atoms with Crippen LogP contribution < -0.4 is 5.43 Å². The third-order valence-corrected chi connectivity index (χ3v) is 2.28. The Labute approximate surface area is 102 Å². The first-order valence-corrected chi connectivity index (χ1v) is 5.03. The molecule has 0 fully saturated rings. The monoisotopic (exact) mass is 255 g/mol. The van der Waals surface area contributed by atoms with Crippen LogP contribution in [0.15, 0.2) is 23.3 Å². The molecular formula is C10H7Cl2N3O. The molecule has 0 radical (unpaired) electrons. The Bertz CT molecular complexity index is 445. The van der Waals surface area contributed by atoms with Crippen LogP contribution in [0.5, 0.6) is 0 Å². The first kappa shape index (κ1) is 12.5. The summed E-state index contributed by atoms with van der Waals surface area (Å²) < 4.78 is 0. The zero-order valence-electron chi connectivity index (χ0n) is 8.08. The summed E-state index contributed by atoms with van der Waals surface area (Å²) in [7, 11) is 0. The quantitative estimate of drug-likeness (QED) is 0.666. The van der Waals surface area contributed by atoms with Gasteiger partial charge in [0.15, 0.2) is 0 Å². The molecule has 1 aromatic carbocycles. The SMILES string of the molecule is N#CCC(=O)N/N=C\c1c(Cl)cccc1Cl. The lowest BCUT2D eigenvalue weighted by Crippen LogP contribution is -2.16. The van der Waals surface area contributed by atoms with Gasteiger partial charge in [0.25, 0.3) is 5.91 Å². The molecule has 0 saturated carbocycles. The topological polar surface area (TPSA) is 65.2 Å². The fourth-order valence-electron chi connectivity index (χ4n) is 0.914. The molecule has 0 heterocycles. The Morgan fingerprint density at radius 3 is 2.69 bits per heavy atom. The molecule has 0 unspecified atom stereocenters. The van der Waals surface area contributed by atoms with Gasteiger partial charge >= 0.3 is 0 Å². The molecule has 0 bridgehead atoms. The van der Waals surface area contributed by atoms with E-state index in [1.807, 2.05) is 0 Å². The number of benzene rings is 1. The second-order valence-electron chi connectivity index (χ2n) is 2.76. The number of amides is 1. The van der Waals surface area contributed by atoms with Crippen molar-refractivity contribution in [3.63, 3.8) is 0 Å². The van der Waals surface area contributed by atoms with Crippen LogP contribution in [0.2, 0.25) is 10.0 Å². The van der Waals surface area contributed by atoms with Crippen molar-refractivity contribution in [2.45, 2.75) is 6.42 Å². The van der Waals surface area contributed by atoms with Crippen molar-refractivity contribution >= 4 is 35.3 Å². The summed E-state index contributed by atoms with van der Waals surface area (Å²) in [6.45, 7) is 0. The molecule has 0 saturated heterocycles. The maximum Gasteiger partial charge on any atom is 0.254 e. The van der Waals surface area contributed by atoms with Crippen molar-refractivity contribution in [1.29, 1.82) is 5.26 Å². The van der Waals surface area contributed by atoms with E-state index in [4.69, 9.17) is 28.5 Å². The van der Waals surface area contributed by atoms with E-state index in [-0.39, 0.29) is 6.42 Å². The average Bonchev–Trinajstić information content (AvgIpc) is 2.23. The van der Waals surface area contributed by atoms with Gasteiger partial charge in [0.2, 0.25) is 0 Å². The number of hydrogen-bond acceptors (Lipinski definition) is 3. The van der Waals surface area contributed by atoms with E-state index in [9.17, 15) is 4.79 Å². The summed E-state index contributed by atoms with van der Waals surface area (Å²) in [5.74, 6) is -0.484. The van der Waals surface area contributed by atoms with E-state index in [1.54, 1.807) is 24.3 Å². The Balaban J connectivity index is 2.70. The maximum absolute atomic E-state index is 10.9. The molecule has 0 aliphatic carbocycles. The minimum Gasteiger partial charge on any atom is -0.272 e. The normalized spacial score (nSPS) is 10.1. The van der Waals surface area contributed by atoms with Gasteiger partial charge in [-0.15, -0.1) is 0 Å². The van der Waals surface area contributed by atoms with E-state index < -0.39 is 5.91 Å². The van der Waals surface area contributed by atoms with Gasteiger partial charge < -0.3 is 0 Å². The molecule has 82 valence electrons. The zero-order chi connectivity index (χ0) is 12.0. The van der Waals surface area contributed by atoms with E-state index in [2.05, 4.69) is 10.5 Å².